The third-order valence-corrected chi connectivity index (χ3v) is 6.44. The highest BCUT2D eigenvalue weighted by molar-refractivity contribution is 7.99. The Balaban J connectivity index is 1.51. The minimum absolute atomic E-state index is 0.116. The van der Waals surface area contributed by atoms with Crippen molar-refractivity contribution >= 4 is 11.8 Å². The van der Waals surface area contributed by atoms with Gasteiger partial charge in [0.1, 0.15) is 0 Å². The molecule has 0 N–H and O–H groups in total. The fourth-order valence-electron chi connectivity index (χ4n) is 3.44. The highest BCUT2D eigenvalue weighted by Gasteiger charge is 2.22. The van der Waals surface area contributed by atoms with E-state index in [1.807, 2.05) is 49.4 Å². The largest absolute Gasteiger partial charge is 0.419 e. The Hall–Kier alpha value is -3.78. The van der Waals surface area contributed by atoms with Gasteiger partial charge in [0.05, 0.1) is 10.9 Å². The van der Waals surface area contributed by atoms with Gasteiger partial charge in [-0.25, -0.2) is 0 Å². The van der Waals surface area contributed by atoms with Crippen LogP contribution in [0.3, 0.4) is 0 Å². The van der Waals surface area contributed by atoms with Gasteiger partial charge in [0, 0.05) is 23.5 Å². The number of hydrogen-bond acceptors (Lipinski definition) is 7. The quantitative estimate of drug-likeness (QED) is 0.298. The van der Waals surface area contributed by atoms with E-state index >= 15 is 0 Å². The lowest BCUT2D eigenvalue weighted by atomic mass is 10.1. The lowest BCUT2D eigenvalue weighted by molar-refractivity contribution is 0.509. The average molecular weight is 455 g/mol. The zero-order valence-electron chi connectivity index (χ0n) is 18.5. The summed E-state index contributed by atoms with van der Waals surface area (Å²) in [6.45, 7) is 6.24. The monoisotopic (exact) mass is 454 g/mol. The van der Waals surface area contributed by atoms with E-state index < -0.39 is 0 Å². The zero-order chi connectivity index (χ0) is 22.8. The number of rotatable bonds is 6. The number of pyridine rings is 1. The summed E-state index contributed by atoms with van der Waals surface area (Å²) in [6, 6.07) is 20.0. The van der Waals surface area contributed by atoms with E-state index in [1.54, 1.807) is 12.4 Å². The van der Waals surface area contributed by atoms with Crippen molar-refractivity contribution < 1.29 is 4.42 Å². The highest BCUT2D eigenvalue weighted by atomic mass is 32.2. The Kier molecular flexibility index (Phi) is 5.75. The van der Waals surface area contributed by atoms with Crippen molar-refractivity contribution in [1.29, 1.82) is 0 Å². The van der Waals surface area contributed by atoms with Gasteiger partial charge in [-0.3, -0.25) is 9.55 Å². The molecule has 0 amide bonds. The summed E-state index contributed by atoms with van der Waals surface area (Å²) in [5, 5.41) is 18.2. The van der Waals surface area contributed by atoms with Crippen LogP contribution >= 0.6 is 11.8 Å². The molecule has 0 aliphatic carbocycles. The zero-order valence-corrected chi connectivity index (χ0v) is 19.3. The molecular weight excluding hydrogens is 432 g/mol. The Labute approximate surface area is 195 Å². The third kappa shape index (κ3) is 4.29. The number of thioether (sulfide) groups is 1. The molecule has 33 heavy (non-hydrogen) atoms. The normalized spacial score (nSPS) is 12.1. The first-order valence-electron chi connectivity index (χ1n) is 10.6. The fraction of sp³-hybridized carbons (Fsp3) is 0.160. The predicted molar refractivity (Wildman–Crippen MR) is 128 cm³/mol. The van der Waals surface area contributed by atoms with Crippen molar-refractivity contribution in [2.24, 2.45) is 0 Å². The van der Waals surface area contributed by atoms with Crippen LogP contribution in [0.5, 0.6) is 0 Å². The average Bonchev–Trinajstić information content (AvgIpc) is 3.50. The molecule has 0 spiro atoms. The van der Waals surface area contributed by atoms with Crippen LogP contribution in [0.2, 0.25) is 0 Å². The van der Waals surface area contributed by atoms with E-state index in [-0.39, 0.29) is 5.25 Å². The van der Waals surface area contributed by atoms with E-state index in [0.29, 0.717) is 11.8 Å². The van der Waals surface area contributed by atoms with Gasteiger partial charge >= 0.3 is 0 Å². The van der Waals surface area contributed by atoms with Crippen LogP contribution in [-0.2, 0) is 0 Å². The summed E-state index contributed by atoms with van der Waals surface area (Å²) in [6.07, 6.45) is 3.52. The first-order chi connectivity index (χ1) is 16.1. The van der Waals surface area contributed by atoms with Crippen LogP contribution in [0, 0.1) is 13.8 Å². The Morgan fingerprint density at radius 2 is 1.61 bits per heavy atom. The molecule has 1 unspecified atom stereocenters. The maximum atomic E-state index is 5.97. The minimum atomic E-state index is -0.116. The maximum absolute atomic E-state index is 5.97. The number of benzene rings is 2. The molecule has 0 saturated carbocycles. The number of aromatic nitrogens is 6. The van der Waals surface area contributed by atoms with Crippen LogP contribution in [0.4, 0.5) is 0 Å². The van der Waals surface area contributed by atoms with Gasteiger partial charge in [0.2, 0.25) is 11.8 Å². The van der Waals surface area contributed by atoms with Gasteiger partial charge in [-0.2, -0.15) is 0 Å². The molecule has 5 aromatic rings. The van der Waals surface area contributed by atoms with Crippen LogP contribution in [0.25, 0.3) is 28.5 Å². The van der Waals surface area contributed by atoms with E-state index in [1.165, 1.54) is 22.9 Å². The minimum Gasteiger partial charge on any atom is -0.419 e. The fourth-order valence-corrected chi connectivity index (χ4v) is 4.33. The van der Waals surface area contributed by atoms with E-state index in [4.69, 9.17) is 4.42 Å². The molecule has 0 saturated heterocycles. The summed E-state index contributed by atoms with van der Waals surface area (Å²) in [5.74, 6) is 1.80. The maximum Gasteiger partial charge on any atom is 0.247 e. The van der Waals surface area contributed by atoms with Crippen molar-refractivity contribution in [2.75, 3.05) is 0 Å². The molecular formula is C25H22N6OS. The second-order valence-corrected chi connectivity index (χ2v) is 9.03. The van der Waals surface area contributed by atoms with Crippen LogP contribution in [0.15, 0.2) is 82.6 Å². The Morgan fingerprint density at radius 1 is 0.818 bits per heavy atom. The summed E-state index contributed by atoms with van der Waals surface area (Å²) in [7, 11) is 0. The van der Waals surface area contributed by atoms with Crippen molar-refractivity contribution in [3.05, 3.63) is 90.1 Å². The second kappa shape index (κ2) is 8.99. The number of hydrogen-bond donors (Lipinski definition) is 0. The molecule has 0 aliphatic rings. The third-order valence-electron chi connectivity index (χ3n) is 5.41. The van der Waals surface area contributed by atoms with Gasteiger partial charge in [-0.1, -0.05) is 36.0 Å². The molecule has 0 bridgehead atoms. The van der Waals surface area contributed by atoms with Crippen molar-refractivity contribution in [3.63, 3.8) is 0 Å². The first-order valence-corrected chi connectivity index (χ1v) is 11.5. The van der Waals surface area contributed by atoms with E-state index in [9.17, 15) is 0 Å². The summed E-state index contributed by atoms with van der Waals surface area (Å²) < 4.78 is 8.03. The molecule has 1 atom stereocenters. The van der Waals surface area contributed by atoms with Gasteiger partial charge < -0.3 is 4.42 Å². The molecule has 3 aromatic heterocycles. The Bertz CT molecular complexity index is 1380. The number of aryl methyl sites for hydroxylation is 2. The highest BCUT2D eigenvalue weighted by Crippen LogP contribution is 2.37. The molecule has 8 heteroatoms. The predicted octanol–water partition coefficient (Wildman–Crippen LogP) is 5.85. The van der Waals surface area contributed by atoms with E-state index in [0.717, 1.165) is 27.8 Å². The molecule has 0 radical (unpaired) electrons. The first kappa shape index (κ1) is 21.1. The van der Waals surface area contributed by atoms with Crippen LogP contribution < -0.4 is 0 Å². The topological polar surface area (TPSA) is 82.5 Å². The van der Waals surface area contributed by atoms with E-state index in [2.05, 4.69) is 62.0 Å². The lowest BCUT2D eigenvalue weighted by Gasteiger charge is -2.13. The SMILES string of the molecule is Cc1ccc(-n2c(SC(C)c3nnc(-c4ccccc4)o3)nnc2-c2ccncc2)cc1C. The molecule has 0 fully saturated rings. The Morgan fingerprint density at radius 3 is 2.36 bits per heavy atom. The smallest absolute Gasteiger partial charge is 0.247 e. The van der Waals surface area contributed by atoms with Crippen LogP contribution in [0.1, 0.15) is 29.2 Å². The number of nitrogens with zero attached hydrogens (tertiary/aromatic N) is 6. The molecule has 0 aliphatic heterocycles. The molecule has 5 rings (SSSR count). The van der Waals surface area contributed by atoms with Gasteiger partial charge in [0.15, 0.2) is 11.0 Å². The summed E-state index contributed by atoms with van der Waals surface area (Å²) in [4.78, 5) is 4.13. The van der Waals surface area contributed by atoms with Crippen molar-refractivity contribution in [2.45, 2.75) is 31.2 Å². The van der Waals surface area contributed by atoms with Crippen molar-refractivity contribution in [3.8, 4) is 28.5 Å². The van der Waals surface area contributed by atoms with Crippen LogP contribution in [-0.4, -0.2) is 29.9 Å². The molecule has 2 aromatic carbocycles. The molecule has 3 heterocycles. The second-order valence-electron chi connectivity index (χ2n) is 7.72. The lowest BCUT2D eigenvalue weighted by Crippen LogP contribution is -2.02. The van der Waals surface area contributed by atoms with Crippen molar-refractivity contribution in [1.82, 2.24) is 29.9 Å². The summed E-state index contributed by atoms with van der Waals surface area (Å²) in [5.41, 5.74) is 5.28. The van der Waals surface area contributed by atoms with Gasteiger partial charge in [-0.05, 0) is 68.3 Å². The van der Waals surface area contributed by atoms with Gasteiger partial charge in [-0.15, -0.1) is 20.4 Å². The standard InChI is InChI=1S/C25H22N6OS/c1-16-9-10-21(15-17(16)2)31-22(19-11-13-26-14-12-19)27-30-25(31)33-18(3)23-28-29-24(32-23)20-7-5-4-6-8-20/h4-15,18H,1-3H3. The van der Waals surface area contributed by atoms with Gasteiger partial charge in [0.25, 0.3) is 0 Å². The summed E-state index contributed by atoms with van der Waals surface area (Å²) >= 11 is 1.53. The molecule has 164 valence electrons. The molecule has 7 nitrogen and oxygen atoms in total.